The van der Waals surface area contributed by atoms with Crippen LogP contribution < -0.4 is 21.3 Å². The van der Waals surface area contributed by atoms with E-state index < -0.39 is 5.60 Å². The molecule has 8 nitrogen and oxygen atoms in total. The number of hydrogen-bond donors (Lipinski definition) is 3. The molecule has 8 heteroatoms. The molecule has 0 radical (unpaired) electrons. The molecule has 0 spiro atoms. The van der Waals surface area contributed by atoms with E-state index in [0.717, 1.165) is 50.1 Å². The van der Waals surface area contributed by atoms with Crippen LogP contribution in [0.4, 0.5) is 0 Å². The van der Waals surface area contributed by atoms with Crippen molar-refractivity contribution in [2.24, 2.45) is 5.92 Å². The lowest BCUT2D eigenvalue weighted by Gasteiger charge is -2.35. The maximum absolute atomic E-state index is 13.1. The first-order chi connectivity index (χ1) is 18.5. The van der Waals surface area contributed by atoms with E-state index in [1.807, 2.05) is 24.3 Å². The van der Waals surface area contributed by atoms with Crippen LogP contribution in [0.1, 0.15) is 42.5 Å². The maximum Gasteiger partial charge on any atom is 0.254 e. The second kappa shape index (κ2) is 10.5. The van der Waals surface area contributed by atoms with Crippen LogP contribution in [-0.4, -0.2) is 78.3 Å². The lowest BCUT2D eigenvalue weighted by Crippen LogP contribution is -2.53. The van der Waals surface area contributed by atoms with E-state index in [1.165, 1.54) is 16.1 Å². The van der Waals surface area contributed by atoms with Crippen LogP contribution in [-0.2, 0) is 9.53 Å². The van der Waals surface area contributed by atoms with Gasteiger partial charge < -0.3 is 25.1 Å². The Balaban J connectivity index is 1.12. The van der Waals surface area contributed by atoms with Crippen molar-refractivity contribution in [2.45, 2.75) is 37.7 Å². The van der Waals surface area contributed by atoms with Gasteiger partial charge in [0.15, 0.2) is 0 Å². The number of benzene rings is 2. The number of nitrogens with one attached hydrogen (secondary N) is 2. The third-order valence-electron chi connectivity index (χ3n) is 8.15. The topological polar surface area (TPSA) is 94.1 Å². The number of hydrazine groups is 1. The summed E-state index contributed by atoms with van der Waals surface area (Å²) in [5.41, 5.74) is 9.79. The van der Waals surface area contributed by atoms with Crippen LogP contribution in [0.15, 0.2) is 42.5 Å². The fraction of sp³-hybridized carbons (Fsp3) is 0.467. The van der Waals surface area contributed by atoms with Crippen LogP contribution in [0.3, 0.4) is 0 Å². The Morgan fingerprint density at radius 1 is 0.974 bits per heavy atom. The molecule has 3 N–H and O–H groups in total. The molecular weight excluding hydrogens is 480 g/mol. The van der Waals surface area contributed by atoms with Crippen molar-refractivity contribution in [1.29, 1.82) is 0 Å². The highest BCUT2D eigenvalue weighted by atomic mass is 16.5. The molecule has 2 aliphatic heterocycles. The number of carbonyl (C=O) groups excluding carboxylic acids is 2. The zero-order chi connectivity index (χ0) is 26.1. The molecule has 1 saturated carbocycles. The Morgan fingerprint density at radius 3 is 2.37 bits per heavy atom. The van der Waals surface area contributed by atoms with E-state index in [9.17, 15) is 14.7 Å². The van der Waals surface area contributed by atoms with Crippen molar-refractivity contribution >= 4 is 23.6 Å². The van der Waals surface area contributed by atoms with E-state index in [4.69, 9.17) is 4.74 Å². The van der Waals surface area contributed by atoms with Gasteiger partial charge in [-0.05, 0) is 66.6 Å². The first kappa shape index (κ1) is 25.1. The molecule has 200 valence electrons. The number of nitrogens with zero attached hydrogens (tertiary/aromatic N) is 2. The zero-order valence-corrected chi connectivity index (χ0v) is 21.7. The summed E-state index contributed by atoms with van der Waals surface area (Å²) in [6.07, 6.45) is 6.58. The normalized spacial score (nSPS) is 20.6. The van der Waals surface area contributed by atoms with Gasteiger partial charge in [-0.15, -0.1) is 0 Å². The number of ether oxygens (including phenoxy) is 1. The molecule has 2 saturated heterocycles. The molecule has 4 aliphatic rings. The van der Waals surface area contributed by atoms with Crippen molar-refractivity contribution in [3.8, 4) is 11.1 Å². The highest BCUT2D eigenvalue weighted by molar-refractivity contribution is 5.95. The van der Waals surface area contributed by atoms with Crippen LogP contribution in [0.5, 0.6) is 0 Å². The van der Waals surface area contributed by atoms with E-state index in [1.54, 1.807) is 9.80 Å². The second-order valence-electron chi connectivity index (χ2n) is 11.0. The summed E-state index contributed by atoms with van der Waals surface area (Å²) < 4.78 is 5.26. The quantitative estimate of drug-likeness (QED) is 0.475. The smallest absolute Gasteiger partial charge is 0.254 e. The summed E-state index contributed by atoms with van der Waals surface area (Å²) in [6, 6.07) is 14.4. The Hall–Kier alpha value is -3.20. The SMILES string of the molecule is O=C(c1ccc(-c2ccc3c(c2)=CCCCC=3NNCC2COC2)cc1)N1CCN(C(=O)C2(O)CC2)CC1. The van der Waals surface area contributed by atoms with Gasteiger partial charge in [0.25, 0.3) is 11.8 Å². The lowest BCUT2D eigenvalue weighted by molar-refractivity contribution is -0.143. The van der Waals surface area contributed by atoms with Gasteiger partial charge in [0.2, 0.25) is 0 Å². The first-order valence-corrected chi connectivity index (χ1v) is 13.8. The minimum atomic E-state index is -1.14. The average molecular weight is 517 g/mol. The molecule has 0 unspecified atom stereocenters. The molecule has 2 amide bonds. The van der Waals surface area contributed by atoms with Crippen molar-refractivity contribution in [3.05, 3.63) is 58.5 Å². The minimum Gasteiger partial charge on any atom is -0.381 e. The molecule has 0 atom stereocenters. The number of rotatable bonds is 7. The average Bonchev–Trinajstić information content (AvgIpc) is 3.72. The highest BCUT2D eigenvalue weighted by Gasteiger charge is 2.50. The second-order valence-corrected chi connectivity index (χ2v) is 11.0. The molecule has 2 aromatic rings. The third-order valence-corrected chi connectivity index (χ3v) is 8.15. The Labute approximate surface area is 222 Å². The summed E-state index contributed by atoms with van der Waals surface area (Å²) >= 11 is 0. The zero-order valence-electron chi connectivity index (χ0n) is 21.7. The minimum absolute atomic E-state index is 0.0182. The van der Waals surface area contributed by atoms with Gasteiger partial charge >= 0.3 is 0 Å². The van der Waals surface area contributed by atoms with Gasteiger partial charge in [-0.1, -0.05) is 30.3 Å². The maximum atomic E-state index is 13.1. The number of fused-ring (bicyclic) bond motifs is 1. The fourth-order valence-electron chi connectivity index (χ4n) is 5.42. The monoisotopic (exact) mass is 516 g/mol. The van der Waals surface area contributed by atoms with Crippen molar-refractivity contribution in [2.75, 3.05) is 45.9 Å². The van der Waals surface area contributed by atoms with Gasteiger partial charge in [0.05, 0.1) is 13.2 Å². The molecule has 38 heavy (non-hydrogen) atoms. The number of piperazine rings is 1. The lowest BCUT2D eigenvalue weighted by atomic mass is 10.0. The molecule has 2 aliphatic carbocycles. The summed E-state index contributed by atoms with van der Waals surface area (Å²) in [5.74, 6) is 0.384. The van der Waals surface area contributed by atoms with E-state index in [-0.39, 0.29) is 11.8 Å². The Kier molecular flexibility index (Phi) is 6.95. The molecular formula is C30H36N4O4. The van der Waals surface area contributed by atoms with Gasteiger partial charge in [-0.25, -0.2) is 5.43 Å². The molecule has 2 heterocycles. The highest BCUT2D eigenvalue weighted by Crippen LogP contribution is 2.37. The van der Waals surface area contributed by atoms with Gasteiger partial charge in [0.1, 0.15) is 5.60 Å². The summed E-state index contributed by atoms with van der Waals surface area (Å²) in [6.45, 7) is 4.49. The van der Waals surface area contributed by atoms with Crippen LogP contribution >= 0.6 is 0 Å². The van der Waals surface area contributed by atoms with Crippen molar-refractivity contribution < 1.29 is 19.4 Å². The Morgan fingerprint density at radius 2 is 1.68 bits per heavy atom. The van der Waals surface area contributed by atoms with Crippen molar-refractivity contribution in [1.82, 2.24) is 20.7 Å². The van der Waals surface area contributed by atoms with E-state index >= 15 is 0 Å². The van der Waals surface area contributed by atoms with Gasteiger partial charge in [-0.2, -0.15) is 0 Å². The first-order valence-electron chi connectivity index (χ1n) is 13.8. The summed E-state index contributed by atoms with van der Waals surface area (Å²) in [7, 11) is 0. The van der Waals surface area contributed by atoms with Crippen LogP contribution in [0.25, 0.3) is 22.9 Å². The molecule has 3 fully saturated rings. The fourth-order valence-corrected chi connectivity index (χ4v) is 5.42. The summed E-state index contributed by atoms with van der Waals surface area (Å²) in [4.78, 5) is 28.9. The van der Waals surface area contributed by atoms with Crippen LogP contribution in [0, 0.1) is 5.92 Å². The number of hydrogen-bond acceptors (Lipinski definition) is 6. The van der Waals surface area contributed by atoms with Crippen LogP contribution in [0.2, 0.25) is 0 Å². The van der Waals surface area contributed by atoms with Gasteiger partial charge in [0, 0.05) is 55.1 Å². The number of amides is 2. The summed E-state index contributed by atoms with van der Waals surface area (Å²) in [5, 5.41) is 12.6. The predicted molar refractivity (Wildman–Crippen MR) is 145 cm³/mol. The van der Waals surface area contributed by atoms with E-state index in [2.05, 4.69) is 35.1 Å². The molecule has 0 aromatic heterocycles. The largest absolute Gasteiger partial charge is 0.381 e. The van der Waals surface area contributed by atoms with Crippen molar-refractivity contribution in [3.63, 3.8) is 0 Å². The predicted octanol–water partition coefficient (Wildman–Crippen LogP) is 0.976. The molecule has 6 rings (SSSR count). The van der Waals surface area contributed by atoms with Gasteiger partial charge in [-0.3, -0.25) is 9.59 Å². The molecule has 2 aromatic carbocycles. The number of carbonyl (C=O) groups is 2. The Bertz CT molecular complexity index is 1320. The molecule has 0 bridgehead atoms. The third kappa shape index (κ3) is 5.21. The van der Waals surface area contributed by atoms with E-state index in [0.29, 0.717) is 50.5 Å². The standard InChI is InChI=1S/C30H36N4O4/c35-28(33-13-15-34(16-14-33)29(36)30(37)11-12-30)23-7-5-22(6-8-23)24-9-10-26-25(17-24)3-1-2-4-27(26)32-31-18-21-19-38-20-21/h3,5-10,17,21,31-32,37H,1-2,4,11-16,18-20H2. The number of aliphatic hydroxyl groups is 1.